The lowest BCUT2D eigenvalue weighted by molar-refractivity contribution is 0.272. The number of aliphatic hydroxyl groups is 1. The summed E-state index contributed by atoms with van der Waals surface area (Å²) >= 11 is 0. The molecule has 0 heterocycles. The first-order valence-electron chi connectivity index (χ1n) is 9.69. The van der Waals surface area contributed by atoms with E-state index in [1.807, 2.05) is 12.1 Å². The summed E-state index contributed by atoms with van der Waals surface area (Å²) in [4.78, 5) is 0. The van der Waals surface area contributed by atoms with Crippen LogP contribution in [0.15, 0.2) is 72.9 Å². The minimum absolute atomic E-state index is 0.0639. The van der Waals surface area contributed by atoms with Crippen LogP contribution >= 0.6 is 0 Å². The van der Waals surface area contributed by atoms with Crippen molar-refractivity contribution < 1.29 is 14.6 Å². The van der Waals surface area contributed by atoms with E-state index in [0.717, 1.165) is 34.6 Å². The lowest BCUT2D eigenvalue weighted by Crippen LogP contribution is -2.37. The molecular formula is C25H26O3. The van der Waals surface area contributed by atoms with Gasteiger partial charge in [0.2, 0.25) is 0 Å². The number of rotatable bonds is 5. The zero-order chi connectivity index (χ0) is 19.7. The van der Waals surface area contributed by atoms with E-state index in [9.17, 15) is 5.11 Å². The smallest absolute Gasteiger partial charge is 0.123 e. The fourth-order valence-corrected chi connectivity index (χ4v) is 4.91. The van der Waals surface area contributed by atoms with E-state index in [0.29, 0.717) is 6.42 Å². The van der Waals surface area contributed by atoms with Crippen molar-refractivity contribution >= 4 is 0 Å². The third kappa shape index (κ3) is 2.54. The highest BCUT2D eigenvalue weighted by Gasteiger charge is 2.47. The highest BCUT2D eigenvalue weighted by atomic mass is 16.5. The first kappa shape index (κ1) is 18.6. The van der Waals surface area contributed by atoms with Crippen LogP contribution in [0.2, 0.25) is 0 Å². The average Bonchev–Trinajstić information content (AvgIpc) is 2.83. The van der Waals surface area contributed by atoms with Gasteiger partial charge >= 0.3 is 0 Å². The maximum Gasteiger partial charge on any atom is 0.123 e. The van der Waals surface area contributed by atoms with Crippen LogP contribution in [0.5, 0.6) is 11.5 Å². The van der Waals surface area contributed by atoms with Crippen molar-refractivity contribution in [3.05, 3.63) is 95.1 Å². The molecule has 0 amide bonds. The highest BCUT2D eigenvalue weighted by molar-refractivity contribution is 5.71. The third-order valence-corrected chi connectivity index (χ3v) is 6.07. The Morgan fingerprint density at radius 3 is 2.54 bits per heavy atom. The van der Waals surface area contributed by atoms with E-state index in [1.165, 1.54) is 11.1 Å². The minimum Gasteiger partial charge on any atom is -0.496 e. The van der Waals surface area contributed by atoms with E-state index >= 15 is 0 Å². The molecule has 4 rings (SSSR count). The van der Waals surface area contributed by atoms with Crippen LogP contribution in [0, 0.1) is 0 Å². The Morgan fingerprint density at radius 1 is 1.04 bits per heavy atom. The maximum absolute atomic E-state index is 9.69. The monoisotopic (exact) mass is 374 g/mol. The van der Waals surface area contributed by atoms with Gasteiger partial charge in [0, 0.05) is 29.1 Å². The van der Waals surface area contributed by atoms with Crippen LogP contribution in [-0.4, -0.2) is 25.9 Å². The predicted octanol–water partition coefficient (Wildman–Crippen LogP) is 4.89. The number of ether oxygens (including phenoxy) is 2. The van der Waals surface area contributed by atoms with Gasteiger partial charge < -0.3 is 14.6 Å². The van der Waals surface area contributed by atoms with Crippen LogP contribution < -0.4 is 9.47 Å². The van der Waals surface area contributed by atoms with Gasteiger partial charge in [-0.25, -0.2) is 0 Å². The molecule has 3 heteroatoms. The summed E-state index contributed by atoms with van der Waals surface area (Å²) in [5.41, 5.74) is 5.22. The molecule has 2 aliphatic carbocycles. The predicted molar refractivity (Wildman–Crippen MR) is 112 cm³/mol. The van der Waals surface area contributed by atoms with Crippen LogP contribution in [-0.2, 0) is 5.41 Å². The maximum atomic E-state index is 9.69. The summed E-state index contributed by atoms with van der Waals surface area (Å²) in [7, 11) is 3.42. The molecule has 2 aromatic carbocycles. The number of methoxy groups -OCH3 is 2. The second kappa shape index (κ2) is 7.33. The van der Waals surface area contributed by atoms with Gasteiger partial charge in [-0.15, -0.1) is 0 Å². The van der Waals surface area contributed by atoms with E-state index < -0.39 is 5.41 Å². The van der Waals surface area contributed by atoms with Gasteiger partial charge in [0.05, 0.1) is 14.2 Å². The van der Waals surface area contributed by atoms with Crippen molar-refractivity contribution in [2.24, 2.45) is 0 Å². The molecule has 0 spiro atoms. The van der Waals surface area contributed by atoms with Gasteiger partial charge in [0.15, 0.2) is 0 Å². The number of hydrogen-bond acceptors (Lipinski definition) is 3. The van der Waals surface area contributed by atoms with Crippen LogP contribution in [0.3, 0.4) is 0 Å². The molecule has 0 aliphatic heterocycles. The molecule has 0 radical (unpaired) electrons. The van der Waals surface area contributed by atoms with Crippen molar-refractivity contribution in [2.45, 2.75) is 24.2 Å². The standard InChI is InChI=1S/C25H26O3/c1-17-9-4-5-11-19-18-10-6-7-12-20(18)25(17,15-8-16-26)24-22(28-3)14-13-21(27-2)23(19)24/h4-7,9-14,19,26H,1,8,15-16H2,2-3H3/b9-4-,11-5-. The molecule has 2 aromatic rings. The van der Waals surface area contributed by atoms with Crippen molar-refractivity contribution in [3.63, 3.8) is 0 Å². The first-order chi connectivity index (χ1) is 13.7. The summed E-state index contributed by atoms with van der Waals surface area (Å²) in [6.45, 7) is 4.62. The zero-order valence-electron chi connectivity index (χ0n) is 16.4. The second-order valence-corrected chi connectivity index (χ2v) is 7.33. The topological polar surface area (TPSA) is 38.7 Å². The van der Waals surface area contributed by atoms with Crippen molar-refractivity contribution in [3.8, 4) is 11.5 Å². The van der Waals surface area contributed by atoms with Crippen molar-refractivity contribution in [2.75, 3.05) is 20.8 Å². The molecule has 28 heavy (non-hydrogen) atoms. The molecule has 3 nitrogen and oxygen atoms in total. The molecule has 2 bridgehead atoms. The molecule has 0 saturated carbocycles. The van der Waals surface area contributed by atoms with E-state index in [-0.39, 0.29) is 12.5 Å². The molecule has 2 aliphatic rings. The Morgan fingerprint density at radius 2 is 1.79 bits per heavy atom. The number of allylic oxidation sites excluding steroid dienone is 5. The Hall–Kier alpha value is -2.78. The first-order valence-corrected chi connectivity index (χ1v) is 9.69. The Labute approximate surface area is 166 Å². The molecule has 2 unspecified atom stereocenters. The number of fused-ring (bicyclic) bond motifs is 3. The molecule has 0 saturated heterocycles. The van der Waals surface area contributed by atoms with Gasteiger partial charge in [-0.05, 0) is 41.7 Å². The fraction of sp³-hybridized carbons (Fsp3) is 0.280. The Kier molecular flexibility index (Phi) is 4.86. The third-order valence-electron chi connectivity index (χ3n) is 6.07. The van der Waals surface area contributed by atoms with Crippen molar-refractivity contribution in [1.29, 1.82) is 0 Å². The summed E-state index contributed by atoms with van der Waals surface area (Å²) in [6, 6.07) is 12.5. The molecule has 2 atom stereocenters. The van der Waals surface area contributed by atoms with Gasteiger partial charge in [-0.3, -0.25) is 0 Å². The largest absolute Gasteiger partial charge is 0.496 e. The summed E-state index contributed by atoms with van der Waals surface area (Å²) < 4.78 is 11.7. The lowest BCUT2D eigenvalue weighted by atomic mass is 9.58. The normalized spacial score (nSPS) is 24.4. The van der Waals surface area contributed by atoms with Gasteiger partial charge in [-0.1, -0.05) is 55.1 Å². The van der Waals surface area contributed by atoms with Crippen molar-refractivity contribution in [1.82, 2.24) is 0 Å². The summed E-state index contributed by atoms with van der Waals surface area (Å²) in [5.74, 6) is 1.75. The van der Waals surface area contributed by atoms with E-state index in [4.69, 9.17) is 9.47 Å². The van der Waals surface area contributed by atoms with E-state index in [2.05, 4.69) is 55.1 Å². The van der Waals surface area contributed by atoms with Gasteiger partial charge in [0.1, 0.15) is 11.5 Å². The Balaban J connectivity index is 2.19. The lowest BCUT2D eigenvalue weighted by Gasteiger charge is -2.45. The Bertz CT molecular complexity index is 970. The quantitative estimate of drug-likeness (QED) is 0.810. The fourth-order valence-electron chi connectivity index (χ4n) is 4.91. The molecular weight excluding hydrogens is 348 g/mol. The molecule has 144 valence electrons. The summed E-state index contributed by atoms with van der Waals surface area (Å²) in [6.07, 6.45) is 9.85. The highest BCUT2D eigenvalue weighted by Crippen LogP contribution is 2.58. The van der Waals surface area contributed by atoms with Crippen LogP contribution in [0.25, 0.3) is 0 Å². The molecule has 1 N–H and O–H groups in total. The minimum atomic E-state index is -0.479. The number of hydrogen-bond donors (Lipinski definition) is 1. The van der Waals surface area contributed by atoms with Gasteiger partial charge in [0.25, 0.3) is 0 Å². The van der Waals surface area contributed by atoms with Crippen LogP contribution in [0.1, 0.15) is 41.0 Å². The van der Waals surface area contributed by atoms with E-state index in [1.54, 1.807) is 14.2 Å². The number of aliphatic hydroxyl groups excluding tert-OH is 1. The van der Waals surface area contributed by atoms with Crippen LogP contribution in [0.4, 0.5) is 0 Å². The molecule has 0 aromatic heterocycles. The van der Waals surface area contributed by atoms with Gasteiger partial charge in [-0.2, -0.15) is 0 Å². The molecule has 0 fully saturated rings. The SMILES string of the molecule is C=C1/C=C\C=C/C2c3ccccc3C1(CCCO)c1c(OC)ccc(OC)c12. The second-order valence-electron chi connectivity index (χ2n) is 7.33. The summed E-state index contributed by atoms with van der Waals surface area (Å²) in [5, 5.41) is 9.69. The zero-order valence-corrected chi connectivity index (χ0v) is 16.4. The average molecular weight is 374 g/mol. The number of benzene rings is 2.